The summed E-state index contributed by atoms with van der Waals surface area (Å²) in [5.74, 6) is -0.0661. The van der Waals surface area contributed by atoms with Crippen LogP contribution in [0.3, 0.4) is 0 Å². The summed E-state index contributed by atoms with van der Waals surface area (Å²) in [6.07, 6.45) is 1.28. The number of hydrogen-bond donors (Lipinski definition) is 1. The molecule has 7 nitrogen and oxygen atoms in total. The van der Waals surface area contributed by atoms with Crippen molar-refractivity contribution >= 4 is 28.8 Å². The minimum atomic E-state index is -0.0661. The molecule has 2 heterocycles. The van der Waals surface area contributed by atoms with Crippen LogP contribution in [-0.4, -0.2) is 65.0 Å². The number of piperazine rings is 1. The van der Waals surface area contributed by atoms with Crippen LogP contribution in [0.5, 0.6) is 0 Å². The molecule has 0 aliphatic carbocycles. The van der Waals surface area contributed by atoms with E-state index in [2.05, 4.69) is 20.4 Å². The zero-order valence-electron chi connectivity index (χ0n) is 13.2. The molecule has 0 bridgehead atoms. The fraction of sp³-hybridized carbons (Fsp3) is 0.375. The third kappa shape index (κ3) is 4.36. The molecule has 2 aromatic rings. The predicted octanol–water partition coefficient (Wildman–Crippen LogP) is 1.31. The van der Waals surface area contributed by atoms with Crippen molar-refractivity contribution < 1.29 is 9.59 Å². The maximum atomic E-state index is 12.1. The molecule has 1 saturated heterocycles. The Morgan fingerprint density at radius 1 is 1.17 bits per heavy atom. The first kappa shape index (κ1) is 16.5. The molecule has 1 aromatic carbocycles. The van der Waals surface area contributed by atoms with Gasteiger partial charge in [0.2, 0.25) is 17.4 Å². The molecule has 1 aromatic heterocycles. The second kappa shape index (κ2) is 7.98. The van der Waals surface area contributed by atoms with Gasteiger partial charge in [0, 0.05) is 44.7 Å². The van der Waals surface area contributed by atoms with E-state index in [1.807, 2.05) is 30.3 Å². The van der Waals surface area contributed by atoms with Crippen LogP contribution in [0.1, 0.15) is 6.42 Å². The Morgan fingerprint density at radius 2 is 1.92 bits per heavy atom. The van der Waals surface area contributed by atoms with E-state index in [-0.39, 0.29) is 5.91 Å². The molecule has 2 amide bonds. The number of carbonyl (C=O) groups is 2. The lowest BCUT2D eigenvalue weighted by atomic mass is 10.2. The van der Waals surface area contributed by atoms with Crippen LogP contribution in [0.15, 0.2) is 30.3 Å². The van der Waals surface area contributed by atoms with Crippen molar-refractivity contribution in [2.24, 2.45) is 0 Å². The lowest BCUT2D eigenvalue weighted by Gasteiger charge is -2.32. The molecule has 8 heteroatoms. The Bertz CT molecular complexity index is 683. The smallest absolute Gasteiger partial charge is 0.227 e. The molecule has 0 radical (unpaired) electrons. The fourth-order valence-corrected chi connectivity index (χ4v) is 3.27. The summed E-state index contributed by atoms with van der Waals surface area (Å²) >= 11 is 1.37. The van der Waals surface area contributed by atoms with E-state index >= 15 is 0 Å². The number of carbonyl (C=O) groups excluding carboxylic acids is 2. The predicted molar refractivity (Wildman–Crippen MR) is 92.7 cm³/mol. The van der Waals surface area contributed by atoms with Crippen molar-refractivity contribution in [2.45, 2.75) is 6.42 Å². The van der Waals surface area contributed by atoms with Crippen molar-refractivity contribution in [3.8, 4) is 10.6 Å². The largest absolute Gasteiger partial charge is 0.343 e. The van der Waals surface area contributed by atoms with Crippen LogP contribution < -0.4 is 5.32 Å². The van der Waals surface area contributed by atoms with Crippen LogP contribution in [0.25, 0.3) is 10.6 Å². The van der Waals surface area contributed by atoms with Gasteiger partial charge in [-0.05, 0) is 0 Å². The van der Waals surface area contributed by atoms with Crippen LogP contribution in [0.4, 0.5) is 5.13 Å². The summed E-state index contributed by atoms with van der Waals surface area (Å²) in [6, 6.07) is 9.76. The first-order chi connectivity index (χ1) is 11.7. The standard InChI is InChI=1S/C16H19N5O2S/c22-12-21-10-8-20(9-11-21)7-6-14(23)17-16-19-18-15(24-16)13-4-2-1-3-5-13/h1-5,12H,6-11H2,(H,17,19,23). The molecule has 0 spiro atoms. The Labute approximate surface area is 144 Å². The molecule has 0 unspecified atom stereocenters. The van der Waals surface area contributed by atoms with E-state index in [4.69, 9.17) is 0 Å². The lowest BCUT2D eigenvalue weighted by molar-refractivity contribution is -0.120. The maximum Gasteiger partial charge on any atom is 0.227 e. The number of nitrogens with zero attached hydrogens (tertiary/aromatic N) is 4. The van der Waals surface area contributed by atoms with Gasteiger partial charge >= 0.3 is 0 Å². The van der Waals surface area contributed by atoms with E-state index in [1.54, 1.807) is 4.90 Å². The monoisotopic (exact) mass is 345 g/mol. The number of rotatable bonds is 6. The zero-order valence-corrected chi connectivity index (χ0v) is 14.0. The molecular formula is C16H19N5O2S. The third-order valence-electron chi connectivity index (χ3n) is 3.90. The summed E-state index contributed by atoms with van der Waals surface area (Å²) in [5.41, 5.74) is 0.989. The summed E-state index contributed by atoms with van der Waals surface area (Å²) < 4.78 is 0. The summed E-state index contributed by atoms with van der Waals surface area (Å²) in [6.45, 7) is 3.75. The van der Waals surface area contributed by atoms with Gasteiger partial charge in [-0.15, -0.1) is 10.2 Å². The van der Waals surface area contributed by atoms with Gasteiger partial charge in [-0.25, -0.2) is 0 Å². The number of nitrogens with one attached hydrogen (secondary N) is 1. The van der Waals surface area contributed by atoms with Gasteiger partial charge in [0.1, 0.15) is 5.01 Å². The normalized spacial score (nSPS) is 15.2. The van der Waals surface area contributed by atoms with E-state index < -0.39 is 0 Å². The van der Waals surface area contributed by atoms with Gasteiger partial charge in [-0.2, -0.15) is 0 Å². The molecule has 1 N–H and O–H groups in total. The second-order valence-corrected chi connectivity index (χ2v) is 6.54. The van der Waals surface area contributed by atoms with Crippen molar-refractivity contribution in [1.82, 2.24) is 20.0 Å². The molecule has 0 saturated carbocycles. The number of benzene rings is 1. The highest BCUT2D eigenvalue weighted by atomic mass is 32.1. The van der Waals surface area contributed by atoms with Gasteiger partial charge < -0.3 is 10.2 Å². The summed E-state index contributed by atoms with van der Waals surface area (Å²) in [5, 5.41) is 12.2. The van der Waals surface area contributed by atoms with E-state index in [1.165, 1.54) is 11.3 Å². The number of amides is 2. The van der Waals surface area contributed by atoms with Crippen LogP contribution in [0, 0.1) is 0 Å². The quantitative estimate of drug-likeness (QED) is 0.799. The Hall–Kier alpha value is -2.32. The molecule has 24 heavy (non-hydrogen) atoms. The SMILES string of the molecule is O=CN1CCN(CCC(=O)Nc2nnc(-c3ccccc3)s2)CC1. The van der Waals surface area contributed by atoms with Gasteiger partial charge in [0.25, 0.3) is 0 Å². The highest BCUT2D eigenvalue weighted by Crippen LogP contribution is 2.25. The molecule has 126 valence electrons. The second-order valence-electron chi connectivity index (χ2n) is 5.56. The first-order valence-electron chi connectivity index (χ1n) is 7.85. The van der Waals surface area contributed by atoms with E-state index in [9.17, 15) is 9.59 Å². The molecule has 1 aliphatic rings. The van der Waals surface area contributed by atoms with Gasteiger partial charge in [-0.3, -0.25) is 14.5 Å². The van der Waals surface area contributed by atoms with Crippen LogP contribution in [0.2, 0.25) is 0 Å². The average molecular weight is 345 g/mol. The molecular weight excluding hydrogens is 326 g/mol. The number of anilines is 1. The van der Waals surface area contributed by atoms with Crippen molar-refractivity contribution in [1.29, 1.82) is 0 Å². The summed E-state index contributed by atoms with van der Waals surface area (Å²) in [4.78, 5) is 26.7. The zero-order chi connectivity index (χ0) is 16.8. The van der Waals surface area contributed by atoms with Gasteiger partial charge in [0.15, 0.2) is 0 Å². The van der Waals surface area contributed by atoms with Crippen LogP contribution >= 0.6 is 11.3 Å². The first-order valence-corrected chi connectivity index (χ1v) is 8.67. The maximum absolute atomic E-state index is 12.1. The van der Waals surface area contributed by atoms with E-state index in [0.29, 0.717) is 18.1 Å². The topological polar surface area (TPSA) is 78.4 Å². The fourth-order valence-electron chi connectivity index (χ4n) is 2.50. The molecule has 1 aliphatic heterocycles. The Kier molecular flexibility index (Phi) is 5.50. The van der Waals surface area contributed by atoms with Crippen molar-refractivity contribution in [2.75, 3.05) is 38.0 Å². The third-order valence-corrected chi connectivity index (χ3v) is 4.79. The van der Waals surface area contributed by atoms with Gasteiger partial charge in [-0.1, -0.05) is 41.7 Å². The highest BCUT2D eigenvalue weighted by molar-refractivity contribution is 7.18. The van der Waals surface area contributed by atoms with Crippen molar-refractivity contribution in [3.05, 3.63) is 30.3 Å². The lowest BCUT2D eigenvalue weighted by Crippen LogP contribution is -2.46. The summed E-state index contributed by atoms with van der Waals surface area (Å²) in [7, 11) is 0. The highest BCUT2D eigenvalue weighted by Gasteiger charge is 2.16. The minimum absolute atomic E-state index is 0.0661. The molecule has 0 atom stereocenters. The van der Waals surface area contributed by atoms with Gasteiger partial charge in [0.05, 0.1) is 0 Å². The van der Waals surface area contributed by atoms with E-state index in [0.717, 1.165) is 43.2 Å². The Balaban J connectivity index is 1.46. The number of aromatic nitrogens is 2. The van der Waals surface area contributed by atoms with Crippen LogP contribution in [-0.2, 0) is 9.59 Å². The molecule has 3 rings (SSSR count). The molecule has 1 fully saturated rings. The number of hydrogen-bond acceptors (Lipinski definition) is 6. The van der Waals surface area contributed by atoms with Crippen molar-refractivity contribution in [3.63, 3.8) is 0 Å². The average Bonchev–Trinajstić information content (AvgIpc) is 3.09. The Morgan fingerprint density at radius 3 is 2.62 bits per heavy atom. The minimum Gasteiger partial charge on any atom is -0.343 e.